The molecule has 0 heterocycles. The Morgan fingerprint density at radius 3 is 1.92 bits per heavy atom. The van der Waals surface area contributed by atoms with E-state index in [2.05, 4.69) is 0 Å². The monoisotopic (exact) mass is 177 g/mol. The van der Waals surface area contributed by atoms with Crippen LogP contribution in [0.1, 0.15) is 5.56 Å². The Hall–Kier alpha value is -2.03. The smallest absolute Gasteiger partial charge is 0.201 e. The second kappa shape index (κ2) is 2.79. The average molecular weight is 177 g/mol. The van der Waals surface area contributed by atoms with E-state index >= 15 is 0 Å². The molecule has 0 fully saturated rings. The first-order valence-electron chi connectivity index (χ1n) is 3.16. The highest BCUT2D eigenvalue weighted by Gasteiger charge is 2.19. The van der Waals surface area contributed by atoms with Crippen molar-refractivity contribution in [2.45, 2.75) is 0 Å². The van der Waals surface area contributed by atoms with Gasteiger partial charge in [-0.15, -0.1) is 0 Å². The molecule has 0 unspecified atom stereocenters. The molecule has 0 aliphatic heterocycles. The molecule has 0 saturated carbocycles. The van der Waals surface area contributed by atoms with Crippen molar-refractivity contribution in [3.8, 4) is 29.1 Å². The van der Waals surface area contributed by atoms with E-state index in [0.717, 1.165) is 0 Å². The summed E-state index contributed by atoms with van der Waals surface area (Å²) >= 11 is 0. The lowest BCUT2D eigenvalue weighted by Crippen LogP contribution is -2.05. The van der Waals surface area contributed by atoms with Crippen LogP contribution in [0, 0.1) is 11.3 Å². The number of rotatable bonds is 0. The van der Waals surface area contributed by atoms with Gasteiger partial charge in [0, 0.05) is 0 Å². The Morgan fingerprint density at radius 2 is 1.46 bits per heavy atom. The van der Waals surface area contributed by atoms with Gasteiger partial charge in [-0.1, -0.05) is 0 Å². The van der Waals surface area contributed by atoms with Crippen molar-refractivity contribution < 1.29 is 20.4 Å². The van der Waals surface area contributed by atoms with Crippen molar-refractivity contribution in [2.75, 3.05) is 0 Å². The number of phenolic OH excluding ortho intramolecular Hbond substituents is 4. The first-order chi connectivity index (χ1) is 6.00. The largest absolute Gasteiger partial charge is 0.507 e. The second-order valence-electron chi connectivity index (χ2n) is 2.29. The molecule has 0 aliphatic carbocycles. The van der Waals surface area contributed by atoms with E-state index in [9.17, 15) is 0 Å². The van der Waals surface area contributed by atoms with Gasteiger partial charge in [0.25, 0.3) is 0 Å². The predicted molar refractivity (Wildman–Crippen MR) is 43.2 cm³/mol. The van der Waals surface area contributed by atoms with Crippen LogP contribution in [-0.2, 0) is 0 Å². The van der Waals surface area contributed by atoms with Gasteiger partial charge in [0.2, 0.25) is 5.75 Å². The first-order valence-corrected chi connectivity index (χ1v) is 3.16. The van der Waals surface area contributed by atoms with E-state index in [1.54, 1.807) is 0 Å². The lowest BCUT2D eigenvalue weighted by atomic mass is 9.90. The fraction of sp³-hybridized carbons (Fsp3) is 0. The molecule has 0 saturated heterocycles. The third-order valence-corrected chi connectivity index (χ3v) is 1.54. The zero-order valence-electron chi connectivity index (χ0n) is 6.31. The standard InChI is InChI=1S/C7H4BNO4/c8-3-4(10)2(1-9)5(11)7(13)6(3)12/h10-13H. The molecule has 64 valence electrons. The van der Waals surface area contributed by atoms with Crippen LogP contribution >= 0.6 is 0 Å². The molecule has 1 aromatic rings. The van der Waals surface area contributed by atoms with Crippen molar-refractivity contribution in [1.82, 2.24) is 0 Å². The minimum Gasteiger partial charge on any atom is -0.507 e. The summed E-state index contributed by atoms with van der Waals surface area (Å²) in [5.74, 6) is -3.43. The van der Waals surface area contributed by atoms with Gasteiger partial charge in [-0.25, -0.2) is 0 Å². The Bertz CT molecular complexity index is 381. The molecule has 2 radical (unpaired) electrons. The van der Waals surface area contributed by atoms with E-state index in [4.69, 9.17) is 33.5 Å². The van der Waals surface area contributed by atoms with Gasteiger partial charge in [0.05, 0.1) is 0 Å². The highest BCUT2D eigenvalue weighted by molar-refractivity contribution is 6.37. The molecule has 0 atom stereocenters. The van der Waals surface area contributed by atoms with Crippen LogP contribution < -0.4 is 5.46 Å². The van der Waals surface area contributed by atoms with Crippen LogP contribution in [0.25, 0.3) is 0 Å². The predicted octanol–water partition coefficient (Wildman–Crippen LogP) is -0.826. The average Bonchev–Trinajstić information content (AvgIpc) is 2.13. The van der Waals surface area contributed by atoms with Gasteiger partial charge >= 0.3 is 0 Å². The summed E-state index contributed by atoms with van der Waals surface area (Å²) in [6.07, 6.45) is 0. The maximum Gasteiger partial charge on any atom is 0.201 e. The van der Waals surface area contributed by atoms with Crippen LogP contribution in [0.3, 0.4) is 0 Å². The molecule has 0 spiro atoms. The zero-order valence-corrected chi connectivity index (χ0v) is 6.31. The Labute approximate surface area is 74.5 Å². The number of benzene rings is 1. The van der Waals surface area contributed by atoms with Crippen LogP contribution in [0.5, 0.6) is 23.0 Å². The maximum atomic E-state index is 9.11. The number of phenols is 4. The summed E-state index contributed by atoms with van der Waals surface area (Å²) in [6.45, 7) is 0. The van der Waals surface area contributed by atoms with E-state index in [1.807, 2.05) is 0 Å². The number of aromatic hydroxyl groups is 4. The third kappa shape index (κ3) is 1.10. The number of hydrogen-bond acceptors (Lipinski definition) is 5. The van der Waals surface area contributed by atoms with Crippen molar-refractivity contribution >= 4 is 13.3 Å². The van der Waals surface area contributed by atoms with Gasteiger partial charge < -0.3 is 20.4 Å². The second-order valence-corrected chi connectivity index (χ2v) is 2.29. The molecule has 0 aliphatic rings. The van der Waals surface area contributed by atoms with Crippen molar-refractivity contribution in [1.29, 1.82) is 5.26 Å². The Morgan fingerprint density at radius 1 is 0.923 bits per heavy atom. The first kappa shape index (κ1) is 9.07. The fourth-order valence-corrected chi connectivity index (χ4v) is 0.823. The van der Waals surface area contributed by atoms with E-state index in [1.165, 1.54) is 6.07 Å². The highest BCUT2D eigenvalue weighted by atomic mass is 16.3. The molecule has 0 aromatic heterocycles. The molecule has 0 bridgehead atoms. The minimum absolute atomic E-state index is 0.549. The Balaban J connectivity index is 3.69. The molecule has 1 aromatic carbocycles. The number of nitriles is 1. The van der Waals surface area contributed by atoms with Gasteiger partial charge in [-0.2, -0.15) is 5.26 Å². The SMILES string of the molecule is [B]c1c(O)c(O)c(O)c(C#N)c1O. The fourth-order valence-electron chi connectivity index (χ4n) is 0.823. The van der Waals surface area contributed by atoms with E-state index in [-0.39, 0.29) is 0 Å². The Kier molecular flexibility index (Phi) is 1.94. The number of hydrogen-bond donors (Lipinski definition) is 4. The van der Waals surface area contributed by atoms with Crippen molar-refractivity contribution in [2.24, 2.45) is 0 Å². The maximum absolute atomic E-state index is 9.11. The van der Waals surface area contributed by atoms with Gasteiger partial charge in [0.15, 0.2) is 11.5 Å². The van der Waals surface area contributed by atoms with Crippen molar-refractivity contribution in [3.63, 3.8) is 0 Å². The molecular weight excluding hydrogens is 173 g/mol. The lowest BCUT2D eigenvalue weighted by Gasteiger charge is -2.08. The van der Waals surface area contributed by atoms with Crippen LogP contribution in [0.15, 0.2) is 0 Å². The normalized spacial score (nSPS) is 9.46. The van der Waals surface area contributed by atoms with E-state index < -0.39 is 34.0 Å². The third-order valence-electron chi connectivity index (χ3n) is 1.54. The number of nitrogens with zero attached hydrogens (tertiary/aromatic N) is 1. The topological polar surface area (TPSA) is 105 Å². The van der Waals surface area contributed by atoms with Crippen LogP contribution in [0.4, 0.5) is 0 Å². The summed E-state index contributed by atoms with van der Waals surface area (Å²) < 4.78 is 0. The van der Waals surface area contributed by atoms with E-state index in [0.29, 0.717) is 0 Å². The molecule has 5 nitrogen and oxygen atoms in total. The molecular formula is C7H4BNO4. The van der Waals surface area contributed by atoms with Gasteiger partial charge in [0.1, 0.15) is 25.2 Å². The molecule has 0 amide bonds. The zero-order chi connectivity index (χ0) is 10.2. The lowest BCUT2D eigenvalue weighted by molar-refractivity contribution is 0.363. The molecule has 4 N–H and O–H groups in total. The van der Waals surface area contributed by atoms with Crippen molar-refractivity contribution in [3.05, 3.63) is 5.56 Å². The minimum atomic E-state index is -0.924. The summed E-state index contributed by atoms with van der Waals surface area (Å²) in [6, 6.07) is 1.42. The van der Waals surface area contributed by atoms with Gasteiger partial charge in [-0.3, -0.25) is 0 Å². The summed E-state index contributed by atoms with van der Waals surface area (Å²) in [5.41, 5.74) is -1.13. The van der Waals surface area contributed by atoms with Crippen LogP contribution in [-0.4, -0.2) is 28.3 Å². The molecule has 6 heteroatoms. The quantitative estimate of drug-likeness (QED) is 0.235. The summed E-state index contributed by atoms with van der Waals surface area (Å²) in [5, 5.41) is 44.5. The van der Waals surface area contributed by atoms with Crippen LogP contribution in [0.2, 0.25) is 0 Å². The summed E-state index contributed by atoms with van der Waals surface area (Å²) in [7, 11) is 5.11. The molecule has 13 heavy (non-hydrogen) atoms. The van der Waals surface area contributed by atoms with Gasteiger partial charge in [-0.05, 0) is 5.46 Å². The molecule has 1 rings (SSSR count). The highest BCUT2D eigenvalue weighted by Crippen LogP contribution is 2.39. The summed E-state index contributed by atoms with van der Waals surface area (Å²) in [4.78, 5) is 0.